The Kier molecular flexibility index (Phi) is 11.7. The number of carbonyl (C=O) groups excluding carboxylic acids is 1. The van der Waals surface area contributed by atoms with Gasteiger partial charge in [0.1, 0.15) is 29.5 Å². The lowest BCUT2D eigenvalue weighted by molar-refractivity contribution is -0.142. The fourth-order valence-corrected chi connectivity index (χ4v) is 3.81. The van der Waals surface area contributed by atoms with Crippen molar-refractivity contribution in [2.45, 2.75) is 58.6 Å². The van der Waals surface area contributed by atoms with Crippen LogP contribution >= 0.6 is 24.0 Å². The highest BCUT2D eigenvalue weighted by atomic mass is 127. The predicted octanol–water partition coefficient (Wildman–Crippen LogP) is 6.36. The molecule has 0 N–H and O–H groups in total. The van der Waals surface area contributed by atoms with E-state index >= 15 is 0 Å². The molecule has 4 aromatic rings. The lowest BCUT2D eigenvalue weighted by Gasteiger charge is -2.10. The molecule has 6 rings (SSSR count). The summed E-state index contributed by atoms with van der Waals surface area (Å²) in [7, 11) is 0. The van der Waals surface area contributed by atoms with E-state index in [1.165, 1.54) is 51.3 Å². The zero-order valence-electron chi connectivity index (χ0n) is 22.0. The Hall–Kier alpha value is -3.06. The third-order valence-corrected chi connectivity index (χ3v) is 5.98. The van der Waals surface area contributed by atoms with Crippen molar-refractivity contribution in [1.29, 1.82) is 0 Å². The van der Waals surface area contributed by atoms with E-state index in [9.17, 15) is 13.6 Å². The number of hydrogen-bond acceptors (Lipinski definition) is 7. The summed E-state index contributed by atoms with van der Waals surface area (Å²) < 4.78 is 39.3. The van der Waals surface area contributed by atoms with Crippen LogP contribution in [-0.2, 0) is 20.9 Å². The number of fused-ring (bicyclic) bond motifs is 1. The van der Waals surface area contributed by atoms with Crippen LogP contribution in [0.25, 0.3) is 22.3 Å². The minimum atomic E-state index is -0.737. The van der Waals surface area contributed by atoms with Crippen molar-refractivity contribution in [3.63, 3.8) is 0 Å². The number of nitrogens with zero attached hydrogens (tertiary/aromatic N) is 5. The summed E-state index contributed by atoms with van der Waals surface area (Å²) in [5.41, 5.74) is 2.30. The smallest absolute Gasteiger partial charge is 0.303 e. The van der Waals surface area contributed by atoms with Gasteiger partial charge in [-0.05, 0) is 63.3 Å². The van der Waals surface area contributed by atoms with Gasteiger partial charge >= 0.3 is 5.97 Å². The van der Waals surface area contributed by atoms with Crippen molar-refractivity contribution in [2.75, 3.05) is 13.2 Å². The molecule has 3 aromatic heterocycles. The normalized spacial score (nSPS) is 14.3. The van der Waals surface area contributed by atoms with Gasteiger partial charge in [-0.3, -0.25) is 14.5 Å². The Morgan fingerprint density at radius 1 is 1.10 bits per heavy atom. The Balaban J connectivity index is 0.000000226. The molecule has 0 amide bonds. The molecule has 8 nitrogen and oxygen atoms in total. The molecule has 39 heavy (non-hydrogen) atoms. The first-order chi connectivity index (χ1) is 18.4. The molecule has 0 bridgehead atoms. The fraction of sp³-hybridized carbons (Fsp3) is 0.393. The van der Waals surface area contributed by atoms with Gasteiger partial charge < -0.3 is 9.47 Å². The topological polar surface area (TPSA) is 92.0 Å². The molecule has 1 aliphatic carbocycles. The maximum Gasteiger partial charge on any atom is 0.303 e. The van der Waals surface area contributed by atoms with Gasteiger partial charge in [0.15, 0.2) is 0 Å². The predicted molar refractivity (Wildman–Crippen MR) is 153 cm³/mol. The van der Waals surface area contributed by atoms with Crippen LogP contribution < -0.4 is 0 Å². The summed E-state index contributed by atoms with van der Waals surface area (Å²) in [5, 5.41) is 4.09. The first kappa shape index (κ1) is 30.5. The monoisotopic (exact) mass is 651 g/mol. The number of rotatable bonds is 4. The summed E-state index contributed by atoms with van der Waals surface area (Å²) in [4.78, 5) is 24.0. The number of ether oxygens (including phenoxy) is 2. The Labute approximate surface area is 243 Å². The molecule has 1 saturated heterocycles. The number of hydrogen-bond donors (Lipinski definition) is 0. The van der Waals surface area contributed by atoms with Gasteiger partial charge in [0.25, 0.3) is 0 Å². The lowest BCUT2D eigenvalue weighted by Crippen LogP contribution is -2.05. The van der Waals surface area contributed by atoms with Crippen molar-refractivity contribution < 1.29 is 23.0 Å². The second kappa shape index (κ2) is 14.9. The molecule has 11 heteroatoms. The zero-order valence-corrected chi connectivity index (χ0v) is 24.3. The van der Waals surface area contributed by atoms with Gasteiger partial charge in [0.05, 0.1) is 22.9 Å². The average molecular weight is 651 g/mol. The summed E-state index contributed by atoms with van der Waals surface area (Å²) >= 11 is 0. The van der Waals surface area contributed by atoms with Crippen LogP contribution in [0.2, 0.25) is 0 Å². The summed E-state index contributed by atoms with van der Waals surface area (Å²) in [6, 6.07) is 7.61. The molecule has 1 aromatic carbocycles. The molecular weight excluding hydrogens is 619 g/mol. The number of carbonyl (C=O) groups is 1. The number of pyridine rings is 1. The van der Waals surface area contributed by atoms with Crippen molar-refractivity contribution in [1.82, 2.24) is 24.7 Å². The van der Waals surface area contributed by atoms with Crippen LogP contribution in [0, 0.1) is 18.6 Å². The van der Waals surface area contributed by atoms with E-state index in [2.05, 4.69) is 20.1 Å². The number of aryl methyl sites for hydroxylation is 1. The molecule has 1 saturated carbocycles. The molecule has 2 fully saturated rings. The molecule has 0 spiro atoms. The van der Waals surface area contributed by atoms with E-state index in [-0.39, 0.29) is 41.8 Å². The van der Waals surface area contributed by atoms with E-state index in [1.54, 1.807) is 13.0 Å². The minimum Gasteiger partial charge on any atom is -0.459 e. The SMILES string of the molecule is C1CCOCC1.CC(=O)OCc1nc2c(-c3ccc(F)cc3F)nccc2nc1C.I.c1cnn(C2CC2)c1. The molecule has 1 aliphatic heterocycles. The Morgan fingerprint density at radius 2 is 1.87 bits per heavy atom. The first-order valence-electron chi connectivity index (χ1n) is 12.7. The highest BCUT2D eigenvalue weighted by molar-refractivity contribution is 14.0. The third-order valence-electron chi connectivity index (χ3n) is 5.98. The van der Waals surface area contributed by atoms with Crippen LogP contribution in [0.15, 0.2) is 48.9 Å². The average Bonchev–Trinajstić information content (AvgIpc) is 3.62. The summed E-state index contributed by atoms with van der Waals surface area (Å²) in [5.74, 6) is -1.85. The van der Waals surface area contributed by atoms with Crippen LogP contribution in [0.4, 0.5) is 8.78 Å². The Morgan fingerprint density at radius 3 is 2.44 bits per heavy atom. The maximum atomic E-state index is 14.1. The van der Waals surface area contributed by atoms with Gasteiger partial charge in [-0.1, -0.05) is 0 Å². The van der Waals surface area contributed by atoms with Crippen LogP contribution in [-0.4, -0.2) is 43.9 Å². The molecule has 4 heterocycles. The number of benzene rings is 1. The van der Waals surface area contributed by atoms with Gasteiger partial charge in [-0.15, -0.1) is 24.0 Å². The highest BCUT2D eigenvalue weighted by Gasteiger charge is 2.23. The second-order valence-corrected chi connectivity index (χ2v) is 9.08. The molecule has 0 radical (unpaired) electrons. The van der Waals surface area contributed by atoms with Crippen LogP contribution in [0.1, 0.15) is 56.5 Å². The highest BCUT2D eigenvalue weighted by Crippen LogP contribution is 2.33. The van der Waals surface area contributed by atoms with E-state index in [0.717, 1.165) is 31.4 Å². The van der Waals surface area contributed by atoms with E-state index < -0.39 is 17.6 Å². The lowest BCUT2D eigenvalue weighted by atomic mass is 10.1. The van der Waals surface area contributed by atoms with Crippen molar-refractivity contribution in [3.05, 3.63) is 71.9 Å². The third kappa shape index (κ3) is 8.99. The number of esters is 1. The second-order valence-electron chi connectivity index (χ2n) is 9.08. The number of aromatic nitrogens is 5. The van der Waals surface area contributed by atoms with E-state index in [4.69, 9.17) is 9.47 Å². The summed E-state index contributed by atoms with van der Waals surface area (Å²) in [6.45, 7) is 5.00. The van der Waals surface area contributed by atoms with E-state index in [0.29, 0.717) is 22.4 Å². The zero-order chi connectivity index (χ0) is 26.9. The molecule has 208 valence electrons. The van der Waals surface area contributed by atoms with Gasteiger partial charge in [-0.2, -0.15) is 5.10 Å². The van der Waals surface area contributed by atoms with Gasteiger partial charge in [0.2, 0.25) is 0 Å². The summed E-state index contributed by atoms with van der Waals surface area (Å²) in [6.07, 6.45) is 11.9. The minimum absolute atomic E-state index is 0. The maximum absolute atomic E-state index is 14.1. The quantitative estimate of drug-likeness (QED) is 0.187. The standard InChI is InChI=1S/C17H13F2N3O2.C6H8N2.C5H10O.HI/c1-9-15(8-24-10(2)23)22-17-14(21-9)5-6-20-16(17)12-4-3-11(18)7-13(12)19;1-4-7-8(5-1)6-2-3-6;1-2-4-6-5-3-1;/h3-7H,8H2,1-2H3;1,4-6H,2-3H2;1-5H2;1H. The fourth-order valence-electron chi connectivity index (χ4n) is 3.81. The first-order valence-corrected chi connectivity index (χ1v) is 12.7. The molecule has 0 atom stereocenters. The van der Waals surface area contributed by atoms with Crippen LogP contribution in [0.5, 0.6) is 0 Å². The van der Waals surface area contributed by atoms with Crippen LogP contribution in [0.3, 0.4) is 0 Å². The van der Waals surface area contributed by atoms with Crippen molar-refractivity contribution in [2.24, 2.45) is 0 Å². The Bertz CT molecular complexity index is 1350. The van der Waals surface area contributed by atoms with E-state index in [1.807, 2.05) is 23.1 Å². The molecule has 2 aliphatic rings. The number of halogens is 3. The van der Waals surface area contributed by atoms with Crippen molar-refractivity contribution >= 4 is 41.0 Å². The molecular formula is C28H32F2IN5O3. The van der Waals surface area contributed by atoms with Crippen molar-refractivity contribution in [3.8, 4) is 11.3 Å². The largest absolute Gasteiger partial charge is 0.459 e. The van der Waals surface area contributed by atoms with Gasteiger partial charge in [0, 0.05) is 50.4 Å². The van der Waals surface area contributed by atoms with Gasteiger partial charge in [-0.25, -0.2) is 18.7 Å². The molecule has 0 unspecified atom stereocenters.